The highest BCUT2D eigenvalue weighted by atomic mass is 16.5. The Bertz CT molecular complexity index is 996. The Morgan fingerprint density at radius 3 is 2.83 bits per heavy atom. The van der Waals surface area contributed by atoms with E-state index in [0.717, 1.165) is 57.6 Å². The van der Waals surface area contributed by atoms with Crippen molar-refractivity contribution < 1.29 is 14.3 Å². The standard InChI is InChI=1S/C26H36N6O3/c33-25-10-4-5-12-32-23(14-28-29-32)19-35-26(34)27-11-6-9-24-22-13-21(17-31(24)25)16-30(18-22)15-20-7-2-1-3-8-20/h1-3,7-8,14,21-22,24H,4-6,9-13,15-19H2,(H,27,34)/t21?,22-,24?/m0/s1. The summed E-state index contributed by atoms with van der Waals surface area (Å²) in [5.41, 5.74) is 2.11. The number of rotatable bonds is 2. The number of carbonyl (C=O) groups excluding carboxylic acids is 2. The zero-order chi connectivity index (χ0) is 24.0. The molecule has 2 saturated heterocycles. The highest BCUT2D eigenvalue weighted by Crippen LogP contribution is 2.36. The minimum absolute atomic E-state index is 0.148. The van der Waals surface area contributed by atoms with Gasteiger partial charge >= 0.3 is 6.09 Å². The van der Waals surface area contributed by atoms with Crippen molar-refractivity contribution >= 4 is 12.0 Å². The maximum atomic E-state index is 13.4. The highest BCUT2D eigenvalue weighted by molar-refractivity contribution is 5.76. The highest BCUT2D eigenvalue weighted by Gasteiger charge is 2.42. The van der Waals surface area contributed by atoms with Crippen LogP contribution in [-0.4, -0.2) is 69.0 Å². The summed E-state index contributed by atoms with van der Waals surface area (Å²) in [7, 11) is 0. The minimum atomic E-state index is -0.423. The Morgan fingerprint density at radius 1 is 1.06 bits per heavy atom. The number of likely N-dealkylation sites (tertiary alicyclic amines) is 1. The van der Waals surface area contributed by atoms with Gasteiger partial charge < -0.3 is 15.0 Å². The van der Waals surface area contributed by atoms with Crippen molar-refractivity contribution in [2.75, 3.05) is 26.2 Å². The molecule has 2 amide bonds. The molecule has 4 heterocycles. The van der Waals surface area contributed by atoms with Crippen LogP contribution in [0.25, 0.3) is 0 Å². The number of ether oxygens (including phenoxy) is 1. The molecular weight excluding hydrogens is 444 g/mol. The van der Waals surface area contributed by atoms with Gasteiger partial charge in [0, 0.05) is 51.7 Å². The third kappa shape index (κ3) is 6.01. The second kappa shape index (κ2) is 11.2. The number of fused-ring (bicyclic) bond motifs is 5. The first kappa shape index (κ1) is 23.8. The summed E-state index contributed by atoms with van der Waals surface area (Å²) < 4.78 is 7.13. The fourth-order valence-electron chi connectivity index (χ4n) is 6.03. The van der Waals surface area contributed by atoms with E-state index in [2.05, 4.69) is 55.8 Å². The first-order valence-corrected chi connectivity index (χ1v) is 13.0. The number of nitrogens with zero attached hydrogens (tertiary/aromatic N) is 5. The lowest BCUT2D eigenvalue weighted by molar-refractivity contribution is -0.141. The third-order valence-corrected chi connectivity index (χ3v) is 7.62. The monoisotopic (exact) mass is 480 g/mol. The molecule has 0 radical (unpaired) electrons. The molecule has 3 aliphatic heterocycles. The fraction of sp³-hybridized carbons (Fsp3) is 0.615. The number of hydrogen-bond acceptors (Lipinski definition) is 6. The normalized spacial score (nSPS) is 26.9. The maximum absolute atomic E-state index is 13.4. The van der Waals surface area contributed by atoms with E-state index in [4.69, 9.17) is 4.74 Å². The van der Waals surface area contributed by atoms with E-state index in [1.54, 1.807) is 10.9 Å². The van der Waals surface area contributed by atoms with Crippen LogP contribution in [0.2, 0.25) is 0 Å². The quantitative estimate of drug-likeness (QED) is 0.711. The van der Waals surface area contributed by atoms with E-state index in [1.165, 1.54) is 12.0 Å². The van der Waals surface area contributed by atoms with Crippen molar-refractivity contribution in [2.45, 2.75) is 64.3 Å². The van der Waals surface area contributed by atoms with Crippen molar-refractivity contribution in [1.29, 1.82) is 0 Å². The molecule has 2 aromatic rings. The molecule has 9 nitrogen and oxygen atoms in total. The average Bonchev–Trinajstić information content (AvgIpc) is 3.31. The van der Waals surface area contributed by atoms with Crippen LogP contribution >= 0.6 is 0 Å². The van der Waals surface area contributed by atoms with Gasteiger partial charge in [-0.25, -0.2) is 9.48 Å². The minimum Gasteiger partial charge on any atom is -0.443 e. The summed E-state index contributed by atoms with van der Waals surface area (Å²) in [5.74, 6) is 1.27. The summed E-state index contributed by atoms with van der Waals surface area (Å²) in [4.78, 5) is 30.3. The Kier molecular flexibility index (Phi) is 7.61. The van der Waals surface area contributed by atoms with Crippen LogP contribution in [0.5, 0.6) is 0 Å². The fourth-order valence-corrected chi connectivity index (χ4v) is 6.03. The van der Waals surface area contributed by atoms with Crippen molar-refractivity contribution in [2.24, 2.45) is 11.8 Å². The molecule has 9 heteroatoms. The van der Waals surface area contributed by atoms with Crippen LogP contribution in [0.3, 0.4) is 0 Å². The number of alkyl carbamates (subject to hydrolysis) is 1. The van der Waals surface area contributed by atoms with Gasteiger partial charge in [-0.2, -0.15) is 0 Å². The van der Waals surface area contributed by atoms with Gasteiger partial charge in [0.15, 0.2) is 0 Å². The number of aryl methyl sites for hydroxylation is 1. The second-order valence-electron chi connectivity index (χ2n) is 10.2. The molecule has 3 aliphatic rings. The summed E-state index contributed by atoms with van der Waals surface area (Å²) >= 11 is 0. The van der Waals surface area contributed by atoms with Gasteiger partial charge in [-0.05, 0) is 49.5 Å². The molecule has 2 unspecified atom stereocenters. The molecule has 0 spiro atoms. The Labute approximate surface area is 206 Å². The van der Waals surface area contributed by atoms with E-state index in [0.29, 0.717) is 31.3 Å². The summed E-state index contributed by atoms with van der Waals surface area (Å²) in [6.45, 7) is 5.22. The number of carbonyl (C=O) groups is 2. The summed E-state index contributed by atoms with van der Waals surface area (Å²) in [5, 5.41) is 10.9. The molecular formula is C26H36N6O3. The van der Waals surface area contributed by atoms with Gasteiger partial charge in [-0.15, -0.1) is 5.10 Å². The SMILES string of the molecule is O=C1NCCCC2[C@H]3CC(CN(Cc4ccccc4)C3)CN2C(=O)CCCCn2nncc2CO1. The topological polar surface area (TPSA) is 92.6 Å². The first-order chi connectivity index (χ1) is 17.2. The van der Waals surface area contributed by atoms with Crippen molar-refractivity contribution in [3.8, 4) is 0 Å². The van der Waals surface area contributed by atoms with Crippen LogP contribution in [0, 0.1) is 11.8 Å². The van der Waals surface area contributed by atoms with Crippen LogP contribution in [0.4, 0.5) is 4.79 Å². The number of nitrogens with one attached hydrogen (secondary N) is 1. The lowest BCUT2D eigenvalue weighted by Gasteiger charge is -2.51. The summed E-state index contributed by atoms with van der Waals surface area (Å²) in [6.07, 6.45) is 6.34. The van der Waals surface area contributed by atoms with Gasteiger partial charge in [-0.3, -0.25) is 9.69 Å². The van der Waals surface area contributed by atoms with Crippen LogP contribution < -0.4 is 5.32 Å². The van der Waals surface area contributed by atoms with Gasteiger partial charge in [0.25, 0.3) is 0 Å². The predicted molar refractivity (Wildman–Crippen MR) is 130 cm³/mol. The number of cyclic esters (lactones) is 1. The smallest absolute Gasteiger partial charge is 0.407 e. The van der Waals surface area contributed by atoms with Gasteiger partial charge in [0.05, 0.1) is 11.9 Å². The molecule has 3 atom stereocenters. The molecule has 2 fully saturated rings. The van der Waals surface area contributed by atoms with Gasteiger partial charge in [0.1, 0.15) is 6.61 Å². The number of aromatic nitrogens is 3. The second-order valence-corrected chi connectivity index (χ2v) is 10.2. The van der Waals surface area contributed by atoms with E-state index in [1.807, 2.05) is 0 Å². The van der Waals surface area contributed by atoms with Crippen LogP contribution in [0.15, 0.2) is 36.5 Å². The van der Waals surface area contributed by atoms with Crippen molar-refractivity contribution in [1.82, 2.24) is 30.1 Å². The molecule has 0 saturated carbocycles. The van der Waals surface area contributed by atoms with Crippen molar-refractivity contribution in [3.05, 3.63) is 47.8 Å². The largest absolute Gasteiger partial charge is 0.443 e. The van der Waals surface area contributed by atoms with E-state index in [-0.39, 0.29) is 18.6 Å². The van der Waals surface area contributed by atoms with E-state index in [9.17, 15) is 9.59 Å². The number of benzene rings is 1. The first-order valence-electron chi connectivity index (χ1n) is 13.0. The molecule has 188 valence electrons. The number of piperidine rings is 2. The molecule has 2 bridgehead atoms. The van der Waals surface area contributed by atoms with E-state index < -0.39 is 6.09 Å². The number of amides is 2. The number of hydrogen-bond donors (Lipinski definition) is 1. The predicted octanol–water partition coefficient (Wildman–Crippen LogP) is 2.82. The van der Waals surface area contributed by atoms with Crippen LogP contribution in [0.1, 0.15) is 49.8 Å². The zero-order valence-corrected chi connectivity index (χ0v) is 20.3. The lowest BCUT2D eigenvalue weighted by Crippen LogP contribution is -2.59. The maximum Gasteiger partial charge on any atom is 0.407 e. The molecule has 5 rings (SSSR count). The van der Waals surface area contributed by atoms with E-state index >= 15 is 0 Å². The summed E-state index contributed by atoms with van der Waals surface area (Å²) in [6, 6.07) is 10.9. The lowest BCUT2D eigenvalue weighted by atomic mass is 9.77. The zero-order valence-electron chi connectivity index (χ0n) is 20.3. The average molecular weight is 481 g/mol. The molecule has 1 N–H and O–H groups in total. The Balaban J connectivity index is 1.26. The van der Waals surface area contributed by atoms with Crippen LogP contribution in [-0.2, 0) is 29.2 Å². The molecule has 0 aliphatic carbocycles. The molecule has 1 aromatic heterocycles. The Hall–Kier alpha value is -2.94. The third-order valence-electron chi connectivity index (χ3n) is 7.62. The van der Waals surface area contributed by atoms with Crippen molar-refractivity contribution in [3.63, 3.8) is 0 Å². The Morgan fingerprint density at radius 2 is 1.94 bits per heavy atom. The van der Waals surface area contributed by atoms with Gasteiger partial charge in [0.2, 0.25) is 5.91 Å². The molecule has 1 aromatic carbocycles. The van der Waals surface area contributed by atoms with Gasteiger partial charge in [-0.1, -0.05) is 35.5 Å². The molecule has 35 heavy (non-hydrogen) atoms.